The van der Waals surface area contributed by atoms with Gasteiger partial charge in [0.05, 0.1) is 11.4 Å². The number of aliphatic hydroxyl groups excluding tert-OH is 1. The SMILES string of the molecule is CCCCCCCCCC=CC(=O)N[C@H]1C[C@@]2(O)C(=O)C=C[C@@H](Cl)[C@]2(C)O[C@H]1O. The monoisotopic (exact) mass is 427 g/mol. The Morgan fingerprint density at radius 2 is 1.97 bits per heavy atom. The van der Waals surface area contributed by atoms with Crippen LogP contribution in [-0.2, 0) is 14.3 Å². The number of amides is 1. The summed E-state index contributed by atoms with van der Waals surface area (Å²) in [6, 6.07) is -0.914. The van der Waals surface area contributed by atoms with E-state index in [2.05, 4.69) is 12.2 Å². The van der Waals surface area contributed by atoms with E-state index < -0.39 is 40.6 Å². The van der Waals surface area contributed by atoms with Crippen molar-refractivity contribution >= 4 is 23.3 Å². The Kier molecular flexibility index (Phi) is 8.89. The predicted molar refractivity (Wildman–Crippen MR) is 113 cm³/mol. The number of carbonyl (C=O) groups is 2. The van der Waals surface area contributed by atoms with E-state index in [0.717, 1.165) is 19.3 Å². The summed E-state index contributed by atoms with van der Waals surface area (Å²) in [5, 5.41) is 23.1. The number of hydrogen-bond donors (Lipinski definition) is 3. The zero-order chi connectivity index (χ0) is 21.5. The van der Waals surface area contributed by atoms with Gasteiger partial charge in [0.15, 0.2) is 17.7 Å². The largest absolute Gasteiger partial charge is 0.378 e. The van der Waals surface area contributed by atoms with E-state index in [1.165, 1.54) is 57.3 Å². The quantitative estimate of drug-likeness (QED) is 0.283. The van der Waals surface area contributed by atoms with Crippen LogP contribution in [0, 0.1) is 0 Å². The summed E-state index contributed by atoms with van der Waals surface area (Å²) < 4.78 is 5.54. The first-order valence-electron chi connectivity index (χ1n) is 10.7. The van der Waals surface area contributed by atoms with Gasteiger partial charge >= 0.3 is 0 Å². The number of hydrogen-bond acceptors (Lipinski definition) is 5. The van der Waals surface area contributed by atoms with Crippen LogP contribution in [0.4, 0.5) is 0 Å². The van der Waals surface area contributed by atoms with E-state index in [1.54, 1.807) is 6.08 Å². The molecule has 6 nitrogen and oxygen atoms in total. The average Bonchev–Trinajstić information content (AvgIpc) is 2.67. The number of aliphatic hydroxyl groups is 2. The highest BCUT2D eigenvalue weighted by Crippen LogP contribution is 2.45. The molecule has 164 valence electrons. The van der Waals surface area contributed by atoms with E-state index >= 15 is 0 Å². The molecule has 29 heavy (non-hydrogen) atoms. The number of ether oxygens (including phenoxy) is 1. The summed E-state index contributed by atoms with van der Waals surface area (Å²) in [7, 11) is 0. The van der Waals surface area contributed by atoms with Crippen molar-refractivity contribution in [2.75, 3.05) is 0 Å². The summed E-state index contributed by atoms with van der Waals surface area (Å²) in [5.41, 5.74) is -3.37. The number of rotatable bonds is 10. The van der Waals surface area contributed by atoms with E-state index in [1.807, 2.05) is 0 Å². The van der Waals surface area contributed by atoms with Gasteiger partial charge in [0.2, 0.25) is 5.91 Å². The second-order valence-corrected chi connectivity index (χ2v) is 8.70. The number of nitrogens with one attached hydrogen (secondary N) is 1. The number of allylic oxidation sites excluding steroid dienone is 1. The lowest BCUT2D eigenvalue weighted by molar-refractivity contribution is -0.281. The molecule has 0 unspecified atom stereocenters. The molecule has 0 radical (unpaired) electrons. The fraction of sp³-hybridized carbons (Fsp3) is 0.727. The van der Waals surface area contributed by atoms with Crippen molar-refractivity contribution in [3.05, 3.63) is 24.3 Å². The molecular formula is C22H34ClNO5. The highest BCUT2D eigenvalue weighted by atomic mass is 35.5. The highest BCUT2D eigenvalue weighted by Gasteiger charge is 2.63. The van der Waals surface area contributed by atoms with E-state index in [-0.39, 0.29) is 6.42 Å². The number of fused-ring (bicyclic) bond motifs is 1. The molecule has 1 aliphatic carbocycles. The van der Waals surface area contributed by atoms with Gasteiger partial charge in [0.1, 0.15) is 5.60 Å². The first kappa shape index (κ1) is 24.1. The molecule has 0 saturated carbocycles. The lowest BCUT2D eigenvalue weighted by atomic mass is 9.69. The summed E-state index contributed by atoms with van der Waals surface area (Å²) in [6.07, 6.45) is 13.6. The maximum absolute atomic E-state index is 12.3. The maximum atomic E-state index is 12.3. The van der Waals surface area contributed by atoms with Crippen LogP contribution in [0.15, 0.2) is 24.3 Å². The molecule has 1 fully saturated rings. The van der Waals surface area contributed by atoms with Crippen LogP contribution in [0.3, 0.4) is 0 Å². The molecule has 5 atom stereocenters. The van der Waals surface area contributed by atoms with Gasteiger partial charge in [-0.25, -0.2) is 0 Å². The van der Waals surface area contributed by atoms with E-state index in [9.17, 15) is 19.8 Å². The van der Waals surface area contributed by atoms with Crippen molar-refractivity contribution < 1.29 is 24.5 Å². The Morgan fingerprint density at radius 3 is 2.66 bits per heavy atom. The van der Waals surface area contributed by atoms with Crippen molar-refractivity contribution in [1.82, 2.24) is 5.32 Å². The van der Waals surface area contributed by atoms with Gasteiger partial charge in [-0.2, -0.15) is 0 Å². The first-order chi connectivity index (χ1) is 13.7. The topological polar surface area (TPSA) is 95.9 Å². The summed E-state index contributed by atoms with van der Waals surface area (Å²) >= 11 is 6.22. The minimum atomic E-state index is -1.91. The second kappa shape index (κ2) is 10.7. The zero-order valence-corrected chi connectivity index (χ0v) is 18.2. The average molecular weight is 428 g/mol. The van der Waals surface area contributed by atoms with Gasteiger partial charge < -0.3 is 20.3 Å². The van der Waals surface area contributed by atoms with Gasteiger partial charge in [0.25, 0.3) is 0 Å². The molecule has 1 amide bonds. The van der Waals surface area contributed by atoms with Gasteiger partial charge in [-0.15, -0.1) is 11.6 Å². The molecular weight excluding hydrogens is 394 g/mol. The van der Waals surface area contributed by atoms with E-state index in [4.69, 9.17) is 16.3 Å². The van der Waals surface area contributed by atoms with Crippen molar-refractivity contribution in [2.45, 2.75) is 101 Å². The molecule has 0 aromatic rings. The summed E-state index contributed by atoms with van der Waals surface area (Å²) in [6.45, 7) is 3.70. The Morgan fingerprint density at radius 1 is 1.31 bits per heavy atom. The first-order valence-corrected chi connectivity index (χ1v) is 11.1. The van der Waals surface area contributed by atoms with Crippen LogP contribution in [0.5, 0.6) is 0 Å². The van der Waals surface area contributed by atoms with Gasteiger partial charge in [-0.1, -0.05) is 57.6 Å². The molecule has 2 aliphatic rings. The maximum Gasteiger partial charge on any atom is 0.244 e. The summed E-state index contributed by atoms with van der Waals surface area (Å²) in [5.74, 6) is -0.938. The normalized spacial score (nSPS) is 34.4. The van der Waals surface area contributed by atoms with Crippen molar-refractivity contribution in [1.29, 1.82) is 0 Å². The number of carbonyl (C=O) groups excluding carboxylic acids is 2. The van der Waals surface area contributed by atoms with Crippen molar-refractivity contribution in [2.24, 2.45) is 0 Å². The minimum absolute atomic E-state index is 0.172. The molecule has 7 heteroatoms. The third kappa shape index (κ3) is 5.69. The Balaban J connectivity index is 1.80. The highest BCUT2D eigenvalue weighted by molar-refractivity contribution is 6.24. The predicted octanol–water partition coefficient (Wildman–Crippen LogP) is 3.14. The molecule has 1 heterocycles. The lowest BCUT2D eigenvalue weighted by Crippen LogP contribution is -2.72. The number of alkyl halides is 1. The van der Waals surface area contributed by atoms with E-state index in [0.29, 0.717) is 0 Å². The standard InChI is InChI=1S/C22H34ClNO5/c1-3-4-5-6-7-8-9-10-11-12-19(26)24-16-15-22(28)18(25)14-13-17(23)21(22,2)29-20(16)27/h11-14,16-17,20,27-28H,3-10,15H2,1-2H3,(H,24,26)/t16-,17+,20+,21-,22+/m0/s1. The minimum Gasteiger partial charge on any atom is -0.378 e. The number of halogens is 1. The lowest BCUT2D eigenvalue weighted by Gasteiger charge is -2.53. The van der Waals surface area contributed by atoms with Crippen LogP contribution in [-0.4, -0.2) is 50.8 Å². The van der Waals surface area contributed by atoms with Crippen LogP contribution < -0.4 is 5.32 Å². The van der Waals surface area contributed by atoms with Crippen LogP contribution in [0.25, 0.3) is 0 Å². The number of ketones is 1. The van der Waals surface area contributed by atoms with Gasteiger partial charge in [-0.05, 0) is 31.9 Å². The Bertz CT molecular complexity index is 637. The van der Waals surface area contributed by atoms with Gasteiger partial charge in [0, 0.05) is 6.42 Å². The summed E-state index contributed by atoms with van der Waals surface area (Å²) in [4.78, 5) is 24.5. The van der Waals surface area contributed by atoms with Crippen LogP contribution in [0.1, 0.15) is 71.6 Å². The second-order valence-electron chi connectivity index (χ2n) is 8.23. The molecule has 0 aromatic carbocycles. The molecule has 1 saturated heterocycles. The molecule has 1 aliphatic heterocycles. The molecule has 0 bridgehead atoms. The van der Waals surface area contributed by atoms with Crippen LogP contribution >= 0.6 is 11.6 Å². The number of unbranched alkanes of at least 4 members (excludes halogenated alkanes) is 7. The molecule has 0 aromatic heterocycles. The smallest absolute Gasteiger partial charge is 0.244 e. The van der Waals surface area contributed by atoms with Gasteiger partial charge in [-0.3, -0.25) is 9.59 Å². The third-order valence-corrected chi connectivity index (χ3v) is 6.53. The third-order valence-electron chi connectivity index (χ3n) is 5.97. The fourth-order valence-electron chi connectivity index (χ4n) is 3.95. The zero-order valence-electron chi connectivity index (χ0n) is 17.4. The van der Waals surface area contributed by atoms with Crippen LogP contribution in [0.2, 0.25) is 0 Å². The molecule has 3 N–H and O–H groups in total. The Hall–Kier alpha value is -1.21. The fourth-order valence-corrected chi connectivity index (χ4v) is 4.25. The Labute approximate surface area is 178 Å². The van der Waals surface area contributed by atoms with Crippen molar-refractivity contribution in [3.63, 3.8) is 0 Å². The van der Waals surface area contributed by atoms with Crippen molar-refractivity contribution in [3.8, 4) is 0 Å². The molecule has 0 spiro atoms. The molecule has 2 rings (SSSR count).